The summed E-state index contributed by atoms with van der Waals surface area (Å²) in [6, 6.07) is 7.95. The van der Waals surface area contributed by atoms with Gasteiger partial charge in [0.15, 0.2) is 0 Å². The highest BCUT2D eigenvalue weighted by atomic mass is 19.4. The highest BCUT2D eigenvalue weighted by Gasteiger charge is 2.35. The van der Waals surface area contributed by atoms with Gasteiger partial charge >= 0.3 is 6.18 Å². The molecule has 1 atom stereocenters. The van der Waals surface area contributed by atoms with Gasteiger partial charge in [-0.3, -0.25) is 0 Å². The van der Waals surface area contributed by atoms with Crippen LogP contribution >= 0.6 is 0 Å². The summed E-state index contributed by atoms with van der Waals surface area (Å²) in [7, 11) is 0. The molecule has 112 valence electrons. The van der Waals surface area contributed by atoms with Crippen molar-refractivity contribution in [2.24, 2.45) is 5.73 Å². The number of nitrogens with two attached hydrogens (primary N) is 1. The summed E-state index contributed by atoms with van der Waals surface area (Å²) >= 11 is 0. The Balaban J connectivity index is 2.52. The van der Waals surface area contributed by atoms with E-state index in [4.69, 9.17) is 5.73 Å². The molecule has 2 aromatic carbocycles. The van der Waals surface area contributed by atoms with Gasteiger partial charge in [0.1, 0.15) is 11.6 Å². The number of hydrogen-bond acceptors (Lipinski definition) is 1. The van der Waals surface area contributed by atoms with Crippen molar-refractivity contribution in [3.8, 4) is 0 Å². The van der Waals surface area contributed by atoms with E-state index in [0.29, 0.717) is 12.1 Å². The van der Waals surface area contributed by atoms with E-state index in [1.54, 1.807) is 6.07 Å². The Labute approximate surface area is 118 Å². The minimum absolute atomic E-state index is 0.0538. The number of halogens is 5. The molecule has 0 heterocycles. The second-order valence-electron chi connectivity index (χ2n) is 4.87. The summed E-state index contributed by atoms with van der Waals surface area (Å²) in [6.45, 7) is 1.41. The largest absolute Gasteiger partial charge is 0.419 e. The van der Waals surface area contributed by atoms with E-state index in [9.17, 15) is 22.0 Å². The first-order valence-electron chi connectivity index (χ1n) is 6.05. The van der Waals surface area contributed by atoms with Gasteiger partial charge in [-0.2, -0.15) is 13.2 Å². The lowest BCUT2D eigenvalue weighted by molar-refractivity contribution is -0.140. The van der Waals surface area contributed by atoms with Gasteiger partial charge in [0, 0.05) is 5.56 Å². The molecule has 6 heteroatoms. The first-order valence-corrected chi connectivity index (χ1v) is 6.05. The van der Waals surface area contributed by atoms with Gasteiger partial charge in [0.2, 0.25) is 0 Å². The molecular formula is C15H12F5N. The van der Waals surface area contributed by atoms with E-state index in [1.807, 2.05) is 0 Å². The molecule has 0 saturated carbocycles. The third kappa shape index (κ3) is 2.90. The normalized spacial score (nSPS) is 14.8. The average Bonchev–Trinajstić information content (AvgIpc) is 2.37. The molecule has 0 aliphatic rings. The van der Waals surface area contributed by atoms with Crippen molar-refractivity contribution in [1.82, 2.24) is 0 Å². The van der Waals surface area contributed by atoms with Gasteiger partial charge in [0.25, 0.3) is 0 Å². The summed E-state index contributed by atoms with van der Waals surface area (Å²) in [6.07, 6.45) is -4.79. The van der Waals surface area contributed by atoms with Crippen molar-refractivity contribution in [2.75, 3.05) is 0 Å². The van der Waals surface area contributed by atoms with E-state index >= 15 is 0 Å². The molecule has 2 aromatic rings. The smallest absolute Gasteiger partial charge is 0.318 e. The molecule has 1 unspecified atom stereocenters. The summed E-state index contributed by atoms with van der Waals surface area (Å²) in [5, 5.41) is 0. The molecule has 0 amide bonds. The zero-order valence-corrected chi connectivity index (χ0v) is 11.0. The van der Waals surface area contributed by atoms with Crippen molar-refractivity contribution in [3.05, 3.63) is 70.8 Å². The molecule has 21 heavy (non-hydrogen) atoms. The van der Waals surface area contributed by atoms with Crippen molar-refractivity contribution in [2.45, 2.75) is 18.6 Å². The fraction of sp³-hybridized carbons (Fsp3) is 0.200. The summed E-state index contributed by atoms with van der Waals surface area (Å²) in [5.74, 6) is -2.05. The lowest BCUT2D eigenvalue weighted by Crippen LogP contribution is -2.35. The third-order valence-electron chi connectivity index (χ3n) is 3.31. The molecular weight excluding hydrogens is 289 g/mol. The summed E-state index contributed by atoms with van der Waals surface area (Å²) in [5.41, 5.74) is 3.30. The Morgan fingerprint density at radius 3 is 2.00 bits per heavy atom. The summed E-state index contributed by atoms with van der Waals surface area (Å²) in [4.78, 5) is 0. The molecule has 0 radical (unpaired) electrons. The van der Waals surface area contributed by atoms with Crippen LogP contribution in [0, 0.1) is 11.6 Å². The number of rotatable bonds is 2. The molecule has 0 saturated heterocycles. The van der Waals surface area contributed by atoms with Crippen LogP contribution in [0.4, 0.5) is 22.0 Å². The topological polar surface area (TPSA) is 26.0 Å². The van der Waals surface area contributed by atoms with Gasteiger partial charge < -0.3 is 5.73 Å². The minimum atomic E-state index is -4.79. The van der Waals surface area contributed by atoms with Crippen LogP contribution in [-0.4, -0.2) is 0 Å². The van der Waals surface area contributed by atoms with Gasteiger partial charge in [0.05, 0.1) is 11.1 Å². The SMILES string of the molecule is CC(N)(c1ccc(C(F)(F)F)c(F)c1)c1ccccc1F. The predicted octanol–water partition coefficient (Wildman–Crippen LogP) is 4.21. The van der Waals surface area contributed by atoms with Crippen molar-refractivity contribution in [3.63, 3.8) is 0 Å². The second kappa shape index (κ2) is 5.11. The van der Waals surface area contributed by atoms with Crippen LogP contribution in [0.3, 0.4) is 0 Å². The van der Waals surface area contributed by atoms with Crippen molar-refractivity contribution >= 4 is 0 Å². The maximum absolute atomic E-state index is 13.8. The van der Waals surface area contributed by atoms with Crippen molar-refractivity contribution < 1.29 is 22.0 Å². The van der Waals surface area contributed by atoms with Gasteiger partial charge in [-0.1, -0.05) is 24.3 Å². The first-order chi connectivity index (χ1) is 9.64. The highest BCUT2D eigenvalue weighted by Crippen LogP contribution is 2.35. The van der Waals surface area contributed by atoms with Crippen LogP contribution in [0.1, 0.15) is 23.6 Å². The lowest BCUT2D eigenvalue weighted by Gasteiger charge is -2.27. The van der Waals surface area contributed by atoms with Crippen LogP contribution in [0.5, 0.6) is 0 Å². The molecule has 0 fully saturated rings. The van der Waals surface area contributed by atoms with E-state index < -0.39 is 28.9 Å². The minimum Gasteiger partial charge on any atom is -0.318 e. The van der Waals surface area contributed by atoms with E-state index in [-0.39, 0.29) is 11.1 Å². The Morgan fingerprint density at radius 1 is 0.857 bits per heavy atom. The monoisotopic (exact) mass is 301 g/mol. The Morgan fingerprint density at radius 2 is 1.48 bits per heavy atom. The van der Waals surface area contributed by atoms with Gasteiger partial charge in [-0.15, -0.1) is 0 Å². The zero-order chi connectivity index (χ0) is 15.8. The fourth-order valence-electron chi connectivity index (χ4n) is 2.11. The molecule has 2 N–H and O–H groups in total. The molecule has 0 spiro atoms. The predicted molar refractivity (Wildman–Crippen MR) is 68.4 cm³/mol. The number of alkyl halides is 3. The van der Waals surface area contributed by atoms with E-state index in [0.717, 1.165) is 6.07 Å². The highest BCUT2D eigenvalue weighted by molar-refractivity contribution is 5.39. The summed E-state index contributed by atoms with van der Waals surface area (Å²) < 4.78 is 65.0. The molecule has 0 aliphatic carbocycles. The van der Waals surface area contributed by atoms with Crippen LogP contribution in [0.2, 0.25) is 0 Å². The standard InChI is InChI=1S/C15H12F5N/c1-14(21,10-4-2-3-5-12(10)16)9-6-7-11(13(17)8-9)15(18,19)20/h2-8H,21H2,1H3. The molecule has 0 bridgehead atoms. The molecule has 1 nitrogen and oxygen atoms in total. The van der Waals surface area contributed by atoms with Crippen LogP contribution < -0.4 is 5.73 Å². The molecule has 2 rings (SSSR count). The van der Waals surface area contributed by atoms with E-state index in [2.05, 4.69) is 0 Å². The van der Waals surface area contributed by atoms with Gasteiger partial charge in [-0.25, -0.2) is 8.78 Å². The van der Waals surface area contributed by atoms with Crippen LogP contribution in [0.15, 0.2) is 42.5 Å². The second-order valence-corrected chi connectivity index (χ2v) is 4.87. The first kappa shape index (κ1) is 15.4. The molecule has 0 aromatic heterocycles. The average molecular weight is 301 g/mol. The maximum Gasteiger partial charge on any atom is 0.419 e. The van der Waals surface area contributed by atoms with E-state index in [1.165, 1.54) is 25.1 Å². The maximum atomic E-state index is 13.8. The van der Waals surface area contributed by atoms with Gasteiger partial charge in [-0.05, 0) is 30.7 Å². The van der Waals surface area contributed by atoms with Crippen LogP contribution in [0.25, 0.3) is 0 Å². The third-order valence-corrected chi connectivity index (χ3v) is 3.31. The number of hydrogen-bond donors (Lipinski definition) is 1. The van der Waals surface area contributed by atoms with Crippen molar-refractivity contribution in [1.29, 1.82) is 0 Å². The molecule has 0 aliphatic heterocycles. The Bertz CT molecular complexity index is 661. The lowest BCUT2D eigenvalue weighted by atomic mass is 9.85. The quantitative estimate of drug-likeness (QED) is 0.826. The number of benzene rings is 2. The Kier molecular flexibility index (Phi) is 3.76. The zero-order valence-electron chi connectivity index (χ0n) is 11.0. The Hall–Kier alpha value is -1.95. The van der Waals surface area contributed by atoms with Crippen LogP contribution in [-0.2, 0) is 11.7 Å². The fourth-order valence-corrected chi connectivity index (χ4v) is 2.11.